The summed E-state index contributed by atoms with van der Waals surface area (Å²) in [7, 11) is -3.01. The molecule has 0 amide bonds. The maximum absolute atomic E-state index is 12.0. The van der Waals surface area contributed by atoms with Gasteiger partial charge < -0.3 is 4.74 Å². The van der Waals surface area contributed by atoms with Crippen molar-refractivity contribution in [1.29, 1.82) is 0 Å². The van der Waals surface area contributed by atoms with E-state index in [-0.39, 0.29) is 18.0 Å². The van der Waals surface area contributed by atoms with Gasteiger partial charge in [0.25, 0.3) is 0 Å². The smallest absolute Gasteiger partial charge is 0.166 e. The molecule has 0 bridgehead atoms. The zero-order chi connectivity index (χ0) is 13.6. The molecule has 1 aromatic carbocycles. The Morgan fingerprint density at radius 1 is 1.28 bits per heavy atom. The number of carbonyl (C=O) groups excluding carboxylic acids is 1. The third-order valence-corrected chi connectivity index (χ3v) is 3.44. The summed E-state index contributed by atoms with van der Waals surface area (Å²) in [6.07, 6.45) is 1.74. The Morgan fingerprint density at radius 2 is 1.94 bits per heavy atom. The van der Waals surface area contributed by atoms with Crippen molar-refractivity contribution in [1.82, 2.24) is 0 Å². The van der Waals surface area contributed by atoms with Crippen LogP contribution in [0.1, 0.15) is 30.1 Å². The monoisotopic (exact) mass is 270 g/mol. The maximum Gasteiger partial charge on any atom is 0.166 e. The van der Waals surface area contributed by atoms with Gasteiger partial charge in [-0.3, -0.25) is 4.79 Å². The second kappa shape index (κ2) is 6.54. The number of benzene rings is 1. The van der Waals surface area contributed by atoms with Gasteiger partial charge in [0.05, 0.1) is 17.9 Å². The predicted molar refractivity (Wildman–Crippen MR) is 70.9 cm³/mol. The van der Waals surface area contributed by atoms with Crippen molar-refractivity contribution in [2.24, 2.45) is 0 Å². The summed E-state index contributed by atoms with van der Waals surface area (Å²) in [5.41, 5.74) is 0.521. The molecule has 0 aliphatic carbocycles. The SMILES string of the molecule is CCOc1ccccc1C(=O)CCCS(C)(=O)=O. The molecular formula is C13H18O4S. The Labute approximate surface area is 108 Å². The standard InChI is InChI=1S/C13H18O4S/c1-3-17-13-9-5-4-7-11(13)12(14)8-6-10-18(2,15)16/h4-5,7,9H,3,6,8,10H2,1-2H3. The third-order valence-electron chi connectivity index (χ3n) is 2.41. The molecule has 0 aliphatic heterocycles. The Morgan fingerprint density at radius 3 is 2.56 bits per heavy atom. The predicted octanol–water partition coefficient (Wildman–Crippen LogP) is 2.09. The molecule has 0 saturated heterocycles. The largest absolute Gasteiger partial charge is 0.493 e. The summed E-state index contributed by atoms with van der Waals surface area (Å²) in [4.78, 5) is 12.0. The van der Waals surface area contributed by atoms with E-state index in [1.165, 1.54) is 6.26 Å². The second-order valence-corrected chi connectivity index (χ2v) is 6.35. The van der Waals surface area contributed by atoms with E-state index in [1.807, 2.05) is 6.92 Å². The lowest BCUT2D eigenvalue weighted by atomic mass is 10.1. The molecule has 0 N–H and O–H groups in total. The molecule has 0 aromatic heterocycles. The fourth-order valence-electron chi connectivity index (χ4n) is 1.61. The van der Waals surface area contributed by atoms with E-state index in [2.05, 4.69) is 0 Å². The Hall–Kier alpha value is -1.36. The van der Waals surface area contributed by atoms with Gasteiger partial charge in [-0.05, 0) is 25.5 Å². The van der Waals surface area contributed by atoms with Gasteiger partial charge in [-0.2, -0.15) is 0 Å². The minimum absolute atomic E-state index is 0.0372. The number of Topliss-reactive ketones (excluding diaryl/α,β-unsaturated/α-hetero) is 1. The van der Waals surface area contributed by atoms with Gasteiger partial charge in [-0.1, -0.05) is 12.1 Å². The summed E-state index contributed by atoms with van der Waals surface area (Å²) >= 11 is 0. The minimum atomic E-state index is -3.01. The molecule has 100 valence electrons. The van der Waals surface area contributed by atoms with Crippen molar-refractivity contribution >= 4 is 15.6 Å². The molecule has 1 rings (SSSR count). The van der Waals surface area contributed by atoms with Gasteiger partial charge in [-0.15, -0.1) is 0 Å². The highest BCUT2D eigenvalue weighted by Gasteiger charge is 2.12. The fraction of sp³-hybridized carbons (Fsp3) is 0.462. The quantitative estimate of drug-likeness (QED) is 0.712. The van der Waals surface area contributed by atoms with Crippen molar-refractivity contribution in [2.75, 3.05) is 18.6 Å². The van der Waals surface area contributed by atoms with Crippen LogP contribution >= 0.6 is 0 Å². The van der Waals surface area contributed by atoms with Crippen LogP contribution in [0.4, 0.5) is 0 Å². The molecule has 0 aliphatic rings. The summed E-state index contributed by atoms with van der Waals surface area (Å²) in [6.45, 7) is 2.35. The molecule has 0 unspecified atom stereocenters. The van der Waals surface area contributed by atoms with Crippen LogP contribution in [0.15, 0.2) is 24.3 Å². The van der Waals surface area contributed by atoms with E-state index in [4.69, 9.17) is 4.74 Å². The number of sulfone groups is 1. The number of hydrogen-bond donors (Lipinski definition) is 0. The molecule has 0 radical (unpaired) electrons. The first-order chi connectivity index (χ1) is 8.44. The molecule has 0 atom stereocenters. The average molecular weight is 270 g/mol. The van der Waals surface area contributed by atoms with Crippen LogP contribution < -0.4 is 4.74 Å². The number of rotatable bonds is 7. The van der Waals surface area contributed by atoms with Gasteiger partial charge >= 0.3 is 0 Å². The van der Waals surface area contributed by atoms with Crippen LogP contribution in [-0.2, 0) is 9.84 Å². The minimum Gasteiger partial charge on any atom is -0.493 e. The third kappa shape index (κ3) is 4.87. The highest BCUT2D eigenvalue weighted by Crippen LogP contribution is 2.20. The van der Waals surface area contributed by atoms with E-state index >= 15 is 0 Å². The summed E-state index contributed by atoms with van der Waals surface area (Å²) in [5.74, 6) is 0.516. The van der Waals surface area contributed by atoms with Crippen molar-refractivity contribution in [3.63, 3.8) is 0 Å². The van der Waals surface area contributed by atoms with E-state index < -0.39 is 9.84 Å². The maximum atomic E-state index is 12.0. The molecule has 4 nitrogen and oxygen atoms in total. The molecule has 1 aromatic rings. The Bertz CT molecular complexity index is 505. The summed E-state index contributed by atoms with van der Waals surface area (Å²) in [5, 5.41) is 0. The molecule has 18 heavy (non-hydrogen) atoms. The van der Waals surface area contributed by atoms with Crippen LogP contribution in [0.25, 0.3) is 0 Å². The van der Waals surface area contributed by atoms with Gasteiger partial charge in [0.2, 0.25) is 0 Å². The van der Waals surface area contributed by atoms with Crippen LogP contribution in [-0.4, -0.2) is 32.8 Å². The first-order valence-electron chi connectivity index (χ1n) is 5.87. The molecule has 0 saturated carbocycles. The second-order valence-electron chi connectivity index (χ2n) is 4.09. The lowest BCUT2D eigenvalue weighted by Crippen LogP contribution is -2.08. The van der Waals surface area contributed by atoms with Crippen molar-refractivity contribution in [2.45, 2.75) is 19.8 Å². The number of ether oxygens (including phenoxy) is 1. The number of para-hydroxylation sites is 1. The van der Waals surface area contributed by atoms with Crippen molar-refractivity contribution < 1.29 is 17.9 Å². The van der Waals surface area contributed by atoms with E-state index in [0.29, 0.717) is 24.3 Å². The molecular weight excluding hydrogens is 252 g/mol. The number of hydrogen-bond acceptors (Lipinski definition) is 4. The van der Waals surface area contributed by atoms with Crippen molar-refractivity contribution in [3.05, 3.63) is 29.8 Å². The normalized spacial score (nSPS) is 11.2. The van der Waals surface area contributed by atoms with Gasteiger partial charge in [-0.25, -0.2) is 8.42 Å². The highest BCUT2D eigenvalue weighted by atomic mass is 32.2. The van der Waals surface area contributed by atoms with Crippen LogP contribution in [0, 0.1) is 0 Å². The summed E-state index contributed by atoms with van der Waals surface area (Å²) in [6, 6.07) is 7.02. The number of carbonyl (C=O) groups is 1. The first-order valence-corrected chi connectivity index (χ1v) is 7.93. The zero-order valence-electron chi connectivity index (χ0n) is 10.7. The Kier molecular flexibility index (Phi) is 5.34. The highest BCUT2D eigenvalue weighted by molar-refractivity contribution is 7.90. The molecule has 0 fully saturated rings. The zero-order valence-corrected chi connectivity index (χ0v) is 11.5. The first kappa shape index (κ1) is 14.7. The Balaban J connectivity index is 2.66. The molecule has 0 spiro atoms. The van der Waals surface area contributed by atoms with Gasteiger partial charge in [0, 0.05) is 12.7 Å². The van der Waals surface area contributed by atoms with Gasteiger partial charge in [0.15, 0.2) is 5.78 Å². The van der Waals surface area contributed by atoms with Crippen LogP contribution in [0.3, 0.4) is 0 Å². The fourth-order valence-corrected chi connectivity index (χ4v) is 2.28. The summed E-state index contributed by atoms with van der Waals surface area (Å²) < 4.78 is 27.3. The van der Waals surface area contributed by atoms with Gasteiger partial charge in [0.1, 0.15) is 15.6 Å². The topological polar surface area (TPSA) is 60.4 Å². The van der Waals surface area contributed by atoms with Crippen molar-refractivity contribution in [3.8, 4) is 5.75 Å². The van der Waals surface area contributed by atoms with E-state index in [9.17, 15) is 13.2 Å². The van der Waals surface area contributed by atoms with E-state index in [1.54, 1.807) is 24.3 Å². The molecule has 0 heterocycles. The van der Waals surface area contributed by atoms with Crippen LogP contribution in [0.5, 0.6) is 5.75 Å². The lowest BCUT2D eigenvalue weighted by molar-refractivity contribution is 0.0978. The van der Waals surface area contributed by atoms with E-state index in [0.717, 1.165) is 0 Å². The number of ketones is 1. The molecule has 5 heteroatoms. The lowest BCUT2D eigenvalue weighted by Gasteiger charge is -2.08. The van der Waals surface area contributed by atoms with Crippen LogP contribution in [0.2, 0.25) is 0 Å². The average Bonchev–Trinajstić information content (AvgIpc) is 2.28.